The molecule has 1 aromatic heterocycles. The van der Waals surface area contributed by atoms with E-state index in [9.17, 15) is 24.8 Å². The number of carboxylic acid groups (broad SMARTS) is 1. The van der Waals surface area contributed by atoms with Crippen LogP contribution in [0.1, 0.15) is 76.9 Å². The second-order valence-corrected chi connectivity index (χ2v) is 7.30. The molecule has 2 aliphatic rings. The van der Waals surface area contributed by atoms with E-state index in [1.165, 1.54) is 0 Å². The van der Waals surface area contributed by atoms with Gasteiger partial charge in [-0.05, 0) is 31.7 Å². The van der Waals surface area contributed by atoms with E-state index in [-0.39, 0.29) is 17.0 Å². The Balaban J connectivity index is 1.65. The van der Waals surface area contributed by atoms with E-state index in [4.69, 9.17) is 4.52 Å². The van der Waals surface area contributed by atoms with E-state index in [0.717, 1.165) is 43.9 Å². The fourth-order valence-electron chi connectivity index (χ4n) is 3.57. The third-order valence-electron chi connectivity index (χ3n) is 5.24. The van der Waals surface area contributed by atoms with Crippen molar-refractivity contribution in [1.82, 2.24) is 15.5 Å². The van der Waals surface area contributed by atoms with Gasteiger partial charge in [0.1, 0.15) is 5.54 Å². The number of nitro benzene ring substituents is 1. The molecule has 1 aromatic carbocycles. The van der Waals surface area contributed by atoms with Gasteiger partial charge in [-0.25, -0.2) is 4.79 Å². The summed E-state index contributed by atoms with van der Waals surface area (Å²) in [6, 6.07) is 3.11. The van der Waals surface area contributed by atoms with Crippen LogP contribution in [0.15, 0.2) is 22.7 Å². The summed E-state index contributed by atoms with van der Waals surface area (Å²) in [5, 5.41) is 27.2. The molecule has 0 unspecified atom stereocenters. The highest BCUT2D eigenvalue weighted by molar-refractivity contribution is 5.98. The number of nitrogens with zero attached hydrogens (tertiary/aromatic N) is 3. The van der Waals surface area contributed by atoms with Crippen LogP contribution >= 0.6 is 0 Å². The molecule has 10 heteroatoms. The van der Waals surface area contributed by atoms with E-state index >= 15 is 0 Å². The summed E-state index contributed by atoms with van der Waals surface area (Å²) in [6.45, 7) is 0. The molecule has 1 heterocycles. The molecular formula is C18H18N4O6. The molecule has 0 spiro atoms. The molecule has 2 N–H and O–H groups in total. The van der Waals surface area contributed by atoms with Gasteiger partial charge >= 0.3 is 5.97 Å². The lowest BCUT2D eigenvalue weighted by atomic mass is 9.95. The van der Waals surface area contributed by atoms with Gasteiger partial charge < -0.3 is 14.9 Å². The zero-order valence-electron chi connectivity index (χ0n) is 14.9. The first-order valence-corrected chi connectivity index (χ1v) is 9.07. The summed E-state index contributed by atoms with van der Waals surface area (Å²) >= 11 is 0. The number of aromatic carboxylic acids is 1. The third-order valence-corrected chi connectivity index (χ3v) is 5.24. The maximum Gasteiger partial charge on any atom is 0.335 e. The van der Waals surface area contributed by atoms with Crippen LogP contribution in [-0.4, -0.2) is 32.0 Å². The summed E-state index contributed by atoms with van der Waals surface area (Å²) in [4.78, 5) is 39.0. The highest BCUT2D eigenvalue weighted by atomic mass is 16.6. The summed E-state index contributed by atoms with van der Waals surface area (Å²) in [5.41, 5.74) is -1.69. The topological polar surface area (TPSA) is 148 Å². The normalized spacial score (nSPS) is 18.0. The number of non-ortho nitro benzene ring substituents is 1. The van der Waals surface area contributed by atoms with E-state index in [0.29, 0.717) is 24.6 Å². The van der Waals surface area contributed by atoms with Crippen molar-refractivity contribution in [3.05, 3.63) is 51.2 Å². The molecule has 2 aliphatic carbocycles. The zero-order chi connectivity index (χ0) is 19.9. The van der Waals surface area contributed by atoms with Crippen molar-refractivity contribution in [1.29, 1.82) is 0 Å². The van der Waals surface area contributed by atoms with Crippen LogP contribution in [0.4, 0.5) is 5.69 Å². The number of nitrogens with one attached hydrogen (secondary N) is 1. The minimum Gasteiger partial charge on any atom is -0.478 e. The number of benzene rings is 1. The number of carbonyl (C=O) groups excluding carboxylic acids is 1. The third kappa shape index (κ3) is 3.32. The smallest absolute Gasteiger partial charge is 0.335 e. The number of nitro groups is 1. The number of carboxylic acids is 1. The number of hydrogen-bond donors (Lipinski definition) is 2. The van der Waals surface area contributed by atoms with Gasteiger partial charge in [0, 0.05) is 23.6 Å². The lowest BCUT2D eigenvalue weighted by molar-refractivity contribution is -0.384. The van der Waals surface area contributed by atoms with Gasteiger partial charge in [0.25, 0.3) is 11.6 Å². The standard InChI is InChI=1S/C18H18N4O6/c23-14(11-7-12(16(24)25)9-13(8-11)22(26)27)20-18(5-1-2-6-18)17-19-15(28-21-17)10-3-4-10/h7-10H,1-6H2,(H,20,23)(H,24,25). The van der Waals surface area contributed by atoms with Crippen LogP contribution in [0.5, 0.6) is 0 Å². The van der Waals surface area contributed by atoms with Crippen LogP contribution in [0, 0.1) is 10.1 Å². The van der Waals surface area contributed by atoms with Gasteiger partial charge in [-0.2, -0.15) is 4.98 Å². The molecule has 0 saturated heterocycles. The van der Waals surface area contributed by atoms with Crippen molar-refractivity contribution in [2.45, 2.75) is 50.0 Å². The Morgan fingerprint density at radius 3 is 2.50 bits per heavy atom. The van der Waals surface area contributed by atoms with Crippen LogP contribution in [-0.2, 0) is 5.54 Å². The van der Waals surface area contributed by atoms with E-state index in [2.05, 4.69) is 15.5 Å². The molecule has 10 nitrogen and oxygen atoms in total. The molecule has 28 heavy (non-hydrogen) atoms. The molecule has 2 fully saturated rings. The lowest BCUT2D eigenvalue weighted by Gasteiger charge is -2.26. The van der Waals surface area contributed by atoms with Crippen molar-refractivity contribution >= 4 is 17.6 Å². The van der Waals surface area contributed by atoms with Gasteiger partial charge in [-0.3, -0.25) is 14.9 Å². The first-order chi connectivity index (χ1) is 13.4. The quantitative estimate of drug-likeness (QED) is 0.568. The molecule has 0 aliphatic heterocycles. The van der Waals surface area contributed by atoms with E-state index in [1.807, 2.05) is 0 Å². The number of amides is 1. The van der Waals surface area contributed by atoms with Crippen molar-refractivity contribution in [2.24, 2.45) is 0 Å². The van der Waals surface area contributed by atoms with Crippen molar-refractivity contribution in [3.8, 4) is 0 Å². The first-order valence-electron chi connectivity index (χ1n) is 9.07. The van der Waals surface area contributed by atoms with Crippen molar-refractivity contribution in [2.75, 3.05) is 0 Å². The van der Waals surface area contributed by atoms with Crippen molar-refractivity contribution < 1.29 is 24.1 Å². The summed E-state index contributed by atoms with van der Waals surface area (Å²) in [5.74, 6) is -0.695. The first kappa shape index (κ1) is 18.1. The summed E-state index contributed by atoms with van der Waals surface area (Å²) in [6.07, 6.45) is 4.97. The summed E-state index contributed by atoms with van der Waals surface area (Å²) in [7, 11) is 0. The molecule has 2 aromatic rings. The van der Waals surface area contributed by atoms with E-state index < -0.39 is 28.0 Å². The average molecular weight is 386 g/mol. The van der Waals surface area contributed by atoms with E-state index in [1.54, 1.807) is 0 Å². The molecule has 0 atom stereocenters. The Labute approximate surface area is 159 Å². The molecular weight excluding hydrogens is 368 g/mol. The Hall–Kier alpha value is -3.30. The molecule has 1 amide bonds. The van der Waals surface area contributed by atoms with Crippen molar-refractivity contribution in [3.63, 3.8) is 0 Å². The van der Waals surface area contributed by atoms with Crippen LogP contribution in [0.25, 0.3) is 0 Å². The minimum atomic E-state index is -1.35. The maximum atomic E-state index is 12.9. The molecule has 2 saturated carbocycles. The highest BCUT2D eigenvalue weighted by Gasteiger charge is 2.43. The average Bonchev–Trinajstić information content (AvgIpc) is 3.20. The second-order valence-electron chi connectivity index (χ2n) is 7.30. The van der Waals surface area contributed by atoms with Gasteiger partial charge in [0.05, 0.1) is 10.5 Å². The second kappa shape index (κ2) is 6.70. The van der Waals surface area contributed by atoms with Crippen LogP contribution in [0.2, 0.25) is 0 Å². The Morgan fingerprint density at radius 1 is 1.21 bits per heavy atom. The predicted octanol–water partition coefficient (Wildman–Crippen LogP) is 2.75. The number of carbonyl (C=O) groups is 2. The Kier molecular flexibility index (Phi) is 4.33. The zero-order valence-corrected chi connectivity index (χ0v) is 14.9. The molecule has 4 rings (SSSR count). The molecule has 0 bridgehead atoms. The molecule has 0 radical (unpaired) electrons. The largest absolute Gasteiger partial charge is 0.478 e. The number of aromatic nitrogens is 2. The monoisotopic (exact) mass is 386 g/mol. The van der Waals surface area contributed by atoms with Gasteiger partial charge in [0.2, 0.25) is 5.89 Å². The number of rotatable bonds is 6. The predicted molar refractivity (Wildman–Crippen MR) is 93.9 cm³/mol. The number of hydrogen-bond acceptors (Lipinski definition) is 7. The lowest BCUT2D eigenvalue weighted by Crippen LogP contribution is -2.44. The Bertz CT molecular complexity index is 926. The van der Waals surface area contributed by atoms with Gasteiger partial charge in [-0.1, -0.05) is 18.0 Å². The van der Waals surface area contributed by atoms with Crippen LogP contribution in [0.3, 0.4) is 0 Å². The fraction of sp³-hybridized carbons (Fsp3) is 0.444. The summed E-state index contributed by atoms with van der Waals surface area (Å²) < 4.78 is 5.34. The fourth-order valence-corrected chi connectivity index (χ4v) is 3.57. The van der Waals surface area contributed by atoms with Gasteiger partial charge in [-0.15, -0.1) is 0 Å². The minimum absolute atomic E-state index is 0.0937. The highest BCUT2D eigenvalue weighted by Crippen LogP contribution is 2.42. The Morgan fingerprint density at radius 2 is 1.89 bits per heavy atom. The maximum absolute atomic E-state index is 12.9. The van der Waals surface area contributed by atoms with Crippen LogP contribution < -0.4 is 5.32 Å². The van der Waals surface area contributed by atoms with Gasteiger partial charge in [0.15, 0.2) is 5.82 Å². The molecule has 146 valence electrons. The SMILES string of the molecule is O=C(O)c1cc(C(=O)NC2(c3noc(C4CC4)n3)CCCC2)cc([N+](=O)[O-])c1.